The van der Waals surface area contributed by atoms with Crippen molar-refractivity contribution in [3.63, 3.8) is 0 Å². The normalized spacial score (nSPS) is 18.5. The van der Waals surface area contributed by atoms with E-state index in [4.69, 9.17) is 9.47 Å². The molecule has 2 amide bonds. The summed E-state index contributed by atoms with van der Waals surface area (Å²) in [5, 5.41) is -0.233. The molecule has 2 aromatic carbocycles. The molecule has 0 radical (unpaired) electrons. The van der Waals surface area contributed by atoms with Crippen molar-refractivity contribution < 1.29 is 19.1 Å². The van der Waals surface area contributed by atoms with E-state index in [0.717, 1.165) is 43.5 Å². The number of hydrogen-bond acceptors (Lipinski definition) is 7. The molecule has 2 saturated heterocycles. The lowest BCUT2D eigenvalue weighted by molar-refractivity contribution is -0.124. The Morgan fingerprint density at radius 3 is 2.38 bits per heavy atom. The highest BCUT2D eigenvalue weighted by Crippen LogP contribution is 2.34. The Kier molecular flexibility index (Phi) is 6.72. The zero-order chi connectivity index (χ0) is 22.7. The third-order valence-corrected chi connectivity index (χ3v) is 6.66. The number of nitrogens with zero attached hydrogens (tertiary/aromatic N) is 3. The first kappa shape index (κ1) is 22.2. The molecule has 0 aromatic heterocycles. The Hall–Kier alpha value is -2.97. The highest BCUT2D eigenvalue weighted by Gasteiger charge is 2.36. The number of piperazine rings is 1. The second kappa shape index (κ2) is 9.67. The molecule has 0 spiro atoms. The largest absolute Gasteiger partial charge is 0.493 e. The summed E-state index contributed by atoms with van der Waals surface area (Å²) in [4.78, 5) is 31.7. The summed E-state index contributed by atoms with van der Waals surface area (Å²) in [6, 6.07) is 13.8. The number of thioether (sulfide) groups is 1. The van der Waals surface area contributed by atoms with Crippen molar-refractivity contribution in [2.24, 2.45) is 0 Å². The van der Waals surface area contributed by atoms with Gasteiger partial charge in [0.05, 0.1) is 25.8 Å². The minimum absolute atomic E-state index is 0.233. The highest BCUT2D eigenvalue weighted by molar-refractivity contribution is 8.18. The fourth-order valence-electron chi connectivity index (χ4n) is 3.96. The average molecular weight is 454 g/mol. The summed E-state index contributed by atoms with van der Waals surface area (Å²) in [6.45, 7) is 5.75. The molecular formula is C24H27N3O4S. The van der Waals surface area contributed by atoms with Gasteiger partial charge in [0.25, 0.3) is 11.1 Å². The monoisotopic (exact) mass is 453 g/mol. The van der Waals surface area contributed by atoms with Crippen LogP contribution in [0.4, 0.5) is 10.5 Å². The van der Waals surface area contributed by atoms with Gasteiger partial charge in [0.1, 0.15) is 0 Å². The van der Waals surface area contributed by atoms with E-state index in [1.165, 1.54) is 16.2 Å². The summed E-state index contributed by atoms with van der Waals surface area (Å²) in [6.07, 6.45) is 1.73. The van der Waals surface area contributed by atoms with E-state index < -0.39 is 0 Å². The summed E-state index contributed by atoms with van der Waals surface area (Å²) in [5.41, 5.74) is 3.28. The van der Waals surface area contributed by atoms with Gasteiger partial charge in [-0.15, -0.1) is 0 Å². The first-order valence-electron chi connectivity index (χ1n) is 10.5. The lowest BCUT2D eigenvalue weighted by atomic mass is 10.1. The Balaban J connectivity index is 1.40. The van der Waals surface area contributed by atoms with Gasteiger partial charge in [-0.05, 0) is 54.1 Å². The van der Waals surface area contributed by atoms with Crippen molar-refractivity contribution in [2.75, 3.05) is 52.0 Å². The van der Waals surface area contributed by atoms with Crippen LogP contribution in [0.1, 0.15) is 11.1 Å². The van der Waals surface area contributed by atoms with Gasteiger partial charge in [-0.3, -0.25) is 19.4 Å². The third-order valence-electron chi connectivity index (χ3n) is 5.75. The first-order chi connectivity index (χ1) is 15.5. The molecule has 0 unspecified atom stereocenters. The summed E-state index contributed by atoms with van der Waals surface area (Å²) in [5.74, 6) is 0.936. The zero-order valence-corrected chi connectivity index (χ0v) is 19.4. The van der Waals surface area contributed by atoms with Crippen LogP contribution in [-0.2, 0) is 4.79 Å². The molecule has 0 bridgehead atoms. The van der Waals surface area contributed by atoms with Crippen LogP contribution in [0.2, 0.25) is 0 Å². The number of carbonyl (C=O) groups excluding carboxylic acids is 2. The van der Waals surface area contributed by atoms with Gasteiger partial charge < -0.3 is 14.4 Å². The van der Waals surface area contributed by atoms with Crippen molar-refractivity contribution >= 4 is 34.7 Å². The van der Waals surface area contributed by atoms with E-state index in [1.54, 1.807) is 32.4 Å². The molecule has 2 heterocycles. The van der Waals surface area contributed by atoms with Gasteiger partial charge in [-0.1, -0.05) is 24.3 Å². The number of benzene rings is 2. The minimum atomic E-state index is -0.254. The smallest absolute Gasteiger partial charge is 0.294 e. The Morgan fingerprint density at radius 2 is 1.69 bits per heavy atom. The van der Waals surface area contributed by atoms with Crippen molar-refractivity contribution in [3.8, 4) is 11.5 Å². The molecule has 2 fully saturated rings. The lowest BCUT2D eigenvalue weighted by Crippen LogP contribution is -2.51. The van der Waals surface area contributed by atoms with Crippen molar-refractivity contribution in [2.45, 2.75) is 6.92 Å². The van der Waals surface area contributed by atoms with Gasteiger partial charge in [0.15, 0.2) is 11.5 Å². The molecule has 4 rings (SSSR count). The van der Waals surface area contributed by atoms with E-state index in [1.807, 2.05) is 12.1 Å². The molecule has 2 aromatic rings. The van der Waals surface area contributed by atoms with Crippen LogP contribution < -0.4 is 14.4 Å². The SMILES string of the molecule is COc1ccc(/C=C2\SC(=O)N(CN3CCN(c4ccccc4C)CC3)C2=O)cc1OC. The van der Waals surface area contributed by atoms with E-state index >= 15 is 0 Å². The fraction of sp³-hybridized carbons (Fsp3) is 0.333. The first-order valence-corrected chi connectivity index (χ1v) is 11.3. The van der Waals surface area contributed by atoms with E-state index in [-0.39, 0.29) is 11.1 Å². The number of carbonyl (C=O) groups is 2. The summed E-state index contributed by atoms with van der Waals surface area (Å²) < 4.78 is 10.6. The predicted molar refractivity (Wildman–Crippen MR) is 127 cm³/mol. The van der Waals surface area contributed by atoms with E-state index in [0.29, 0.717) is 23.1 Å². The molecule has 0 atom stereocenters. The molecule has 0 N–H and O–H groups in total. The average Bonchev–Trinajstić information content (AvgIpc) is 3.07. The fourth-order valence-corrected chi connectivity index (χ4v) is 4.80. The maximum Gasteiger partial charge on any atom is 0.294 e. The second-order valence-electron chi connectivity index (χ2n) is 7.76. The number of methoxy groups -OCH3 is 2. The maximum atomic E-state index is 12.9. The van der Waals surface area contributed by atoms with Crippen LogP contribution in [0.3, 0.4) is 0 Å². The van der Waals surface area contributed by atoms with Crippen LogP contribution in [-0.4, -0.2) is 68.0 Å². The number of aryl methyl sites for hydroxylation is 1. The van der Waals surface area contributed by atoms with Crippen LogP contribution in [0, 0.1) is 6.92 Å². The second-order valence-corrected chi connectivity index (χ2v) is 8.75. The maximum absolute atomic E-state index is 12.9. The Labute approximate surface area is 192 Å². The van der Waals surface area contributed by atoms with Crippen molar-refractivity contribution in [1.82, 2.24) is 9.80 Å². The zero-order valence-electron chi connectivity index (χ0n) is 18.5. The van der Waals surface area contributed by atoms with Crippen molar-refractivity contribution in [3.05, 3.63) is 58.5 Å². The van der Waals surface area contributed by atoms with Gasteiger partial charge in [-0.25, -0.2) is 0 Å². The highest BCUT2D eigenvalue weighted by atomic mass is 32.2. The molecule has 168 valence electrons. The number of ether oxygens (including phenoxy) is 2. The third kappa shape index (κ3) is 4.61. The standard InChI is InChI=1S/C24H27N3O4S/c1-17-6-4-5-7-19(17)26-12-10-25(11-13-26)16-27-23(28)22(32-24(27)29)15-18-8-9-20(30-2)21(14-18)31-3/h4-9,14-15H,10-13,16H2,1-3H3/b22-15-. The summed E-state index contributed by atoms with van der Waals surface area (Å²) in [7, 11) is 3.14. The van der Waals surface area contributed by atoms with Crippen LogP contribution in [0.5, 0.6) is 11.5 Å². The molecular weight excluding hydrogens is 426 g/mol. The molecule has 0 aliphatic carbocycles. The predicted octanol–water partition coefficient (Wildman–Crippen LogP) is 3.83. The van der Waals surface area contributed by atoms with Gasteiger partial charge in [-0.2, -0.15) is 0 Å². The lowest BCUT2D eigenvalue weighted by Gasteiger charge is -2.37. The van der Waals surface area contributed by atoms with E-state index in [2.05, 4.69) is 34.9 Å². The van der Waals surface area contributed by atoms with Crippen molar-refractivity contribution in [1.29, 1.82) is 0 Å². The molecule has 2 aliphatic heterocycles. The van der Waals surface area contributed by atoms with Gasteiger partial charge in [0.2, 0.25) is 0 Å². The number of rotatable bonds is 6. The molecule has 32 heavy (non-hydrogen) atoms. The number of anilines is 1. The number of amides is 2. The summed E-state index contributed by atoms with van der Waals surface area (Å²) >= 11 is 0.977. The van der Waals surface area contributed by atoms with Crippen LogP contribution in [0.25, 0.3) is 6.08 Å². The number of para-hydroxylation sites is 1. The number of imide groups is 1. The number of hydrogen-bond donors (Lipinski definition) is 0. The van der Waals surface area contributed by atoms with E-state index in [9.17, 15) is 9.59 Å². The minimum Gasteiger partial charge on any atom is -0.493 e. The Morgan fingerprint density at radius 1 is 0.969 bits per heavy atom. The molecule has 8 heteroatoms. The quantitative estimate of drug-likeness (QED) is 0.616. The Bertz CT molecular complexity index is 1050. The topological polar surface area (TPSA) is 62.3 Å². The molecule has 7 nitrogen and oxygen atoms in total. The van der Waals surface area contributed by atoms with Crippen LogP contribution >= 0.6 is 11.8 Å². The van der Waals surface area contributed by atoms with Gasteiger partial charge >= 0.3 is 0 Å². The molecule has 2 aliphatic rings. The van der Waals surface area contributed by atoms with Crippen LogP contribution in [0.15, 0.2) is 47.4 Å². The molecule has 0 saturated carbocycles. The van der Waals surface area contributed by atoms with Gasteiger partial charge in [0, 0.05) is 31.9 Å².